The Morgan fingerprint density at radius 3 is 1.05 bits per heavy atom. The van der Waals surface area contributed by atoms with Crippen molar-refractivity contribution in [3.05, 3.63) is 24.3 Å². The average Bonchev–Trinajstić information content (AvgIpc) is 2.96. The summed E-state index contributed by atoms with van der Waals surface area (Å²) < 4.78 is 60.0. The Morgan fingerprint density at radius 2 is 0.732 bits per heavy atom. The highest BCUT2D eigenvalue weighted by atomic mass is 16.6. The lowest BCUT2D eigenvalue weighted by molar-refractivity contribution is -0.0280. The van der Waals surface area contributed by atoms with Gasteiger partial charge in [-0.1, -0.05) is 12.1 Å². The number of para-hydroxylation sites is 2. The van der Waals surface area contributed by atoms with Gasteiger partial charge in [-0.25, -0.2) is 0 Å². The van der Waals surface area contributed by atoms with Gasteiger partial charge in [0.1, 0.15) is 12.4 Å². The zero-order valence-corrected chi connectivity index (χ0v) is 25.1. The van der Waals surface area contributed by atoms with Gasteiger partial charge in [-0.05, 0) is 26.0 Å². The van der Waals surface area contributed by atoms with E-state index >= 15 is 0 Å². The lowest BCUT2D eigenvalue weighted by Gasteiger charge is -2.10. The van der Waals surface area contributed by atoms with Gasteiger partial charge in [0.15, 0.2) is 0 Å². The molecule has 1 rings (SSSR count). The molecule has 0 aliphatic carbocycles. The maximum Gasteiger partial charge on any atom is 0.142 e. The Kier molecular flexibility index (Phi) is 27.3. The fourth-order valence-electron chi connectivity index (χ4n) is 3.03. The predicted molar refractivity (Wildman–Crippen MR) is 155 cm³/mol. The molecular weight excluding hydrogens is 538 g/mol. The SMILES string of the molecule is CC(C)OCCOCCOCCOCCOCCOCCOCCOCCOCCOCCOc1ccccc1N. The van der Waals surface area contributed by atoms with Crippen LogP contribution in [0.5, 0.6) is 5.75 Å². The molecule has 0 saturated carbocycles. The fraction of sp³-hybridized carbons (Fsp3) is 0.793. The van der Waals surface area contributed by atoms with E-state index in [1.54, 1.807) is 6.07 Å². The van der Waals surface area contributed by atoms with Crippen molar-refractivity contribution in [3.8, 4) is 5.75 Å². The van der Waals surface area contributed by atoms with Crippen molar-refractivity contribution in [2.45, 2.75) is 20.0 Å². The van der Waals surface area contributed by atoms with Gasteiger partial charge in [0.05, 0.1) is 137 Å². The van der Waals surface area contributed by atoms with Crippen LogP contribution in [0.25, 0.3) is 0 Å². The molecule has 240 valence electrons. The minimum atomic E-state index is 0.232. The largest absolute Gasteiger partial charge is 0.489 e. The quantitative estimate of drug-likeness (QED) is 0.0975. The predicted octanol–water partition coefficient (Wildman–Crippen LogP) is 2.22. The fourth-order valence-corrected chi connectivity index (χ4v) is 3.03. The third-order valence-corrected chi connectivity index (χ3v) is 5.06. The highest BCUT2D eigenvalue weighted by Gasteiger charge is 1.99. The number of nitrogens with two attached hydrogens (primary N) is 1. The van der Waals surface area contributed by atoms with Crippen LogP contribution in [0.2, 0.25) is 0 Å². The van der Waals surface area contributed by atoms with Crippen LogP contribution in [0, 0.1) is 0 Å². The third kappa shape index (κ3) is 27.0. The van der Waals surface area contributed by atoms with E-state index < -0.39 is 0 Å². The van der Waals surface area contributed by atoms with E-state index in [0.29, 0.717) is 144 Å². The minimum Gasteiger partial charge on any atom is -0.489 e. The summed E-state index contributed by atoms with van der Waals surface area (Å²) in [7, 11) is 0. The number of ether oxygens (including phenoxy) is 11. The van der Waals surface area contributed by atoms with Crippen LogP contribution in [0.15, 0.2) is 24.3 Å². The van der Waals surface area contributed by atoms with Crippen molar-refractivity contribution in [2.75, 3.05) is 138 Å². The van der Waals surface area contributed by atoms with Crippen LogP contribution < -0.4 is 10.5 Å². The maximum absolute atomic E-state index is 5.81. The highest BCUT2D eigenvalue weighted by molar-refractivity contribution is 5.51. The van der Waals surface area contributed by atoms with Crippen LogP contribution in [0.1, 0.15) is 13.8 Å². The first kappa shape index (κ1) is 37.4. The molecule has 0 bridgehead atoms. The molecule has 0 aromatic heterocycles. The standard InChI is InChI=1S/C29H53NO11/c1-27(2)40-25-23-38-21-19-36-17-15-34-13-11-32-9-7-31-8-10-33-12-14-35-16-18-37-20-22-39-24-26-41-29-6-4-3-5-28(29)30/h3-6,27H,7-26,30H2,1-2H3. The molecule has 0 aliphatic heterocycles. The summed E-state index contributed by atoms with van der Waals surface area (Å²) >= 11 is 0. The van der Waals surface area contributed by atoms with E-state index in [1.165, 1.54) is 0 Å². The summed E-state index contributed by atoms with van der Waals surface area (Å²) in [6.07, 6.45) is 0.232. The molecule has 0 spiro atoms. The Labute approximate surface area is 245 Å². The van der Waals surface area contributed by atoms with Crippen molar-refractivity contribution in [1.29, 1.82) is 0 Å². The van der Waals surface area contributed by atoms with Crippen LogP contribution in [-0.4, -0.2) is 138 Å². The minimum absolute atomic E-state index is 0.232. The van der Waals surface area contributed by atoms with E-state index in [2.05, 4.69) is 0 Å². The third-order valence-electron chi connectivity index (χ3n) is 5.06. The number of hydrogen-bond acceptors (Lipinski definition) is 12. The van der Waals surface area contributed by atoms with E-state index in [9.17, 15) is 0 Å². The van der Waals surface area contributed by atoms with E-state index in [0.717, 1.165) is 0 Å². The molecule has 0 heterocycles. The topological polar surface area (TPSA) is 128 Å². The number of rotatable bonds is 32. The summed E-state index contributed by atoms with van der Waals surface area (Å²) in [6.45, 7) is 14.4. The molecule has 0 radical (unpaired) electrons. The van der Waals surface area contributed by atoms with Crippen LogP contribution in [0.3, 0.4) is 0 Å². The number of hydrogen-bond donors (Lipinski definition) is 1. The van der Waals surface area contributed by atoms with Gasteiger partial charge in [0.25, 0.3) is 0 Å². The van der Waals surface area contributed by atoms with Crippen LogP contribution in [0.4, 0.5) is 5.69 Å². The Balaban J connectivity index is 1.64. The molecule has 12 heteroatoms. The van der Waals surface area contributed by atoms with Crippen molar-refractivity contribution < 1.29 is 52.1 Å². The molecule has 12 nitrogen and oxygen atoms in total. The first-order valence-electron chi connectivity index (χ1n) is 14.5. The first-order chi connectivity index (χ1) is 20.2. The molecule has 0 fully saturated rings. The van der Waals surface area contributed by atoms with Gasteiger partial charge in [0, 0.05) is 0 Å². The maximum atomic E-state index is 5.81. The lowest BCUT2D eigenvalue weighted by Crippen LogP contribution is -2.15. The van der Waals surface area contributed by atoms with Gasteiger partial charge in [-0.3, -0.25) is 0 Å². The van der Waals surface area contributed by atoms with Gasteiger partial charge in [-0.2, -0.15) is 0 Å². The monoisotopic (exact) mass is 591 g/mol. The summed E-state index contributed by atoms with van der Waals surface area (Å²) in [4.78, 5) is 0. The molecule has 1 aromatic rings. The van der Waals surface area contributed by atoms with Crippen molar-refractivity contribution >= 4 is 5.69 Å². The molecular formula is C29H53NO11. The number of nitrogen functional groups attached to an aromatic ring is 1. The zero-order valence-electron chi connectivity index (χ0n) is 25.1. The lowest BCUT2D eigenvalue weighted by atomic mass is 10.3. The molecule has 0 amide bonds. The molecule has 41 heavy (non-hydrogen) atoms. The summed E-state index contributed by atoms with van der Waals surface area (Å²) in [6, 6.07) is 7.38. The highest BCUT2D eigenvalue weighted by Crippen LogP contribution is 2.19. The zero-order chi connectivity index (χ0) is 29.5. The normalized spacial score (nSPS) is 11.5. The van der Waals surface area contributed by atoms with E-state index in [1.807, 2.05) is 32.0 Å². The van der Waals surface area contributed by atoms with Crippen molar-refractivity contribution in [1.82, 2.24) is 0 Å². The first-order valence-corrected chi connectivity index (χ1v) is 14.5. The molecule has 0 saturated heterocycles. The van der Waals surface area contributed by atoms with Crippen molar-refractivity contribution in [2.24, 2.45) is 0 Å². The van der Waals surface area contributed by atoms with Gasteiger partial charge in [0.2, 0.25) is 0 Å². The Morgan fingerprint density at radius 1 is 0.439 bits per heavy atom. The smallest absolute Gasteiger partial charge is 0.142 e. The summed E-state index contributed by atoms with van der Waals surface area (Å²) in [5.74, 6) is 0.670. The molecule has 1 aromatic carbocycles. The van der Waals surface area contributed by atoms with Gasteiger partial charge in [-0.15, -0.1) is 0 Å². The second kappa shape index (κ2) is 29.9. The van der Waals surface area contributed by atoms with Crippen LogP contribution >= 0.6 is 0 Å². The average molecular weight is 592 g/mol. The second-order valence-corrected chi connectivity index (χ2v) is 8.82. The molecule has 0 aliphatic rings. The van der Waals surface area contributed by atoms with E-state index in [-0.39, 0.29) is 6.10 Å². The van der Waals surface area contributed by atoms with Crippen LogP contribution in [-0.2, 0) is 47.4 Å². The van der Waals surface area contributed by atoms with Crippen molar-refractivity contribution in [3.63, 3.8) is 0 Å². The molecule has 0 unspecified atom stereocenters. The van der Waals surface area contributed by atoms with E-state index in [4.69, 9.17) is 57.8 Å². The molecule has 2 N–H and O–H groups in total. The molecule has 0 atom stereocenters. The Hall–Kier alpha value is -1.58. The summed E-state index contributed by atoms with van der Waals surface area (Å²) in [5, 5.41) is 0. The van der Waals surface area contributed by atoms with Gasteiger partial charge >= 0.3 is 0 Å². The second-order valence-electron chi connectivity index (χ2n) is 8.82. The van der Waals surface area contributed by atoms with Gasteiger partial charge < -0.3 is 57.8 Å². The Bertz CT molecular complexity index is 669. The number of anilines is 1. The summed E-state index contributed by atoms with van der Waals surface area (Å²) in [5.41, 5.74) is 6.43. The number of benzene rings is 1.